The molecule has 0 saturated carbocycles. The third kappa shape index (κ3) is 14.9. The number of para-hydroxylation sites is 1. The van der Waals surface area contributed by atoms with Crippen molar-refractivity contribution in [1.29, 1.82) is 0 Å². The Bertz CT molecular complexity index is 2200. The highest BCUT2D eigenvalue weighted by Gasteiger charge is 2.16. The zero-order valence-corrected chi connectivity index (χ0v) is 34.1. The van der Waals surface area contributed by atoms with Gasteiger partial charge in [0.2, 0.25) is 5.13 Å². The number of hydrogen-bond acceptors (Lipinski definition) is 14. The number of azo groups is 1. The lowest BCUT2D eigenvalue weighted by Gasteiger charge is -2.12. The molecule has 0 aliphatic rings. The lowest BCUT2D eigenvalue weighted by atomic mass is 10.1. The largest absolute Gasteiger partial charge is 0.494 e. The van der Waals surface area contributed by atoms with Gasteiger partial charge in [-0.15, -0.1) is 5.11 Å². The fourth-order valence-electron chi connectivity index (χ4n) is 5.56. The minimum atomic E-state index is -0.629. The Morgan fingerprint density at radius 3 is 1.67 bits per heavy atom. The van der Waals surface area contributed by atoms with Crippen molar-refractivity contribution < 1.29 is 47.6 Å². The first-order chi connectivity index (χ1) is 29.3. The van der Waals surface area contributed by atoms with Crippen molar-refractivity contribution >= 4 is 50.6 Å². The standard InChI is InChI=1S/C46H47N3O10S/c1-3-42(50)56-29-13-7-5-11-27-54-36-22-17-33(18-23-36)44(52)58-38-26-21-35(32-47-49-46-48-39-15-9-10-16-41(39)60-46)40(31-38)59-45(53)34-19-24-37(25-20-34)55-28-12-6-8-14-30-57-43(51)4-2/h3-4,9-10,15-26,31H,1-2,5-8,11-14,27-30,32H2. The summed E-state index contributed by atoms with van der Waals surface area (Å²) in [4.78, 5) is 53.3. The molecule has 14 heteroatoms. The van der Waals surface area contributed by atoms with Crippen LogP contribution in [0.25, 0.3) is 10.2 Å². The molecule has 0 spiro atoms. The van der Waals surface area contributed by atoms with Gasteiger partial charge < -0.3 is 28.4 Å². The number of carbonyl (C=O) groups is 4. The molecule has 60 heavy (non-hydrogen) atoms. The van der Waals surface area contributed by atoms with Crippen molar-refractivity contribution in [3.05, 3.63) is 133 Å². The summed E-state index contributed by atoms with van der Waals surface area (Å²) in [5.74, 6) is -0.544. The van der Waals surface area contributed by atoms with E-state index < -0.39 is 23.9 Å². The van der Waals surface area contributed by atoms with Crippen molar-refractivity contribution in [1.82, 2.24) is 4.98 Å². The highest BCUT2D eigenvalue weighted by Crippen LogP contribution is 2.31. The summed E-state index contributed by atoms with van der Waals surface area (Å²) in [5.41, 5.74) is 1.95. The number of rotatable bonds is 25. The van der Waals surface area contributed by atoms with Gasteiger partial charge in [-0.25, -0.2) is 24.2 Å². The summed E-state index contributed by atoms with van der Waals surface area (Å²) in [6.45, 7) is 8.55. The summed E-state index contributed by atoms with van der Waals surface area (Å²) < 4.78 is 34.1. The van der Waals surface area contributed by atoms with Crippen LogP contribution in [0.5, 0.6) is 23.0 Å². The molecule has 13 nitrogen and oxygen atoms in total. The number of thiazole rings is 1. The molecule has 4 aromatic carbocycles. The predicted molar refractivity (Wildman–Crippen MR) is 227 cm³/mol. The van der Waals surface area contributed by atoms with Crippen molar-refractivity contribution in [2.45, 2.75) is 57.9 Å². The van der Waals surface area contributed by atoms with E-state index in [4.69, 9.17) is 28.4 Å². The quantitative estimate of drug-likeness (QED) is 0.0181. The summed E-state index contributed by atoms with van der Waals surface area (Å²) >= 11 is 1.41. The number of hydrogen-bond donors (Lipinski definition) is 0. The molecular formula is C46H47N3O10S. The van der Waals surface area contributed by atoms with Crippen molar-refractivity contribution in [2.75, 3.05) is 26.4 Å². The topological polar surface area (TPSA) is 161 Å². The van der Waals surface area contributed by atoms with E-state index >= 15 is 0 Å². The van der Waals surface area contributed by atoms with Crippen LogP contribution in [0.4, 0.5) is 5.13 Å². The molecule has 0 aliphatic carbocycles. The number of nitrogens with zero attached hydrogens (tertiary/aromatic N) is 3. The van der Waals surface area contributed by atoms with E-state index in [2.05, 4.69) is 28.4 Å². The molecule has 0 aliphatic heterocycles. The van der Waals surface area contributed by atoms with Gasteiger partial charge in [0.25, 0.3) is 0 Å². The molecule has 0 fully saturated rings. The van der Waals surface area contributed by atoms with Crippen LogP contribution in [0, 0.1) is 0 Å². The molecule has 0 N–H and O–H groups in total. The van der Waals surface area contributed by atoms with Crippen LogP contribution >= 0.6 is 11.3 Å². The van der Waals surface area contributed by atoms with Gasteiger partial charge in [-0.2, -0.15) is 5.11 Å². The first-order valence-corrected chi connectivity index (χ1v) is 20.5. The fraction of sp³-hybridized carbons (Fsp3) is 0.283. The summed E-state index contributed by atoms with van der Waals surface area (Å²) in [7, 11) is 0. The molecule has 5 rings (SSSR count). The predicted octanol–water partition coefficient (Wildman–Crippen LogP) is 10.4. The number of fused-ring (bicyclic) bond motifs is 1. The molecule has 0 amide bonds. The molecule has 0 radical (unpaired) electrons. The maximum Gasteiger partial charge on any atom is 0.343 e. The van der Waals surface area contributed by atoms with Gasteiger partial charge in [0.15, 0.2) is 0 Å². The van der Waals surface area contributed by atoms with E-state index in [1.807, 2.05) is 24.3 Å². The van der Waals surface area contributed by atoms with Crippen LogP contribution in [-0.4, -0.2) is 55.3 Å². The third-order valence-electron chi connectivity index (χ3n) is 8.75. The van der Waals surface area contributed by atoms with Gasteiger partial charge >= 0.3 is 23.9 Å². The van der Waals surface area contributed by atoms with E-state index in [-0.39, 0.29) is 23.6 Å². The normalized spacial score (nSPS) is 10.9. The Labute approximate surface area is 352 Å². The Balaban J connectivity index is 1.16. The maximum atomic E-state index is 13.4. The van der Waals surface area contributed by atoms with E-state index in [0.717, 1.165) is 73.7 Å². The zero-order valence-electron chi connectivity index (χ0n) is 33.3. The molecule has 312 valence electrons. The van der Waals surface area contributed by atoms with Crippen LogP contribution in [0.2, 0.25) is 0 Å². The van der Waals surface area contributed by atoms with Crippen LogP contribution in [-0.2, 0) is 25.6 Å². The molecule has 1 heterocycles. The molecule has 0 bridgehead atoms. The number of carbonyl (C=O) groups excluding carboxylic acids is 4. The van der Waals surface area contributed by atoms with E-state index in [0.29, 0.717) is 54.2 Å². The van der Waals surface area contributed by atoms with Gasteiger partial charge in [0.05, 0.1) is 54.3 Å². The van der Waals surface area contributed by atoms with Gasteiger partial charge in [-0.3, -0.25) is 0 Å². The molecular weight excluding hydrogens is 787 g/mol. The second-order valence-electron chi connectivity index (χ2n) is 13.2. The summed E-state index contributed by atoms with van der Waals surface area (Å²) in [6.07, 6.45) is 9.11. The number of unbranched alkanes of at least 4 members (excludes halogenated alkanes) is 6. The van der Waals surface area contributed by atoms with Crippen LogP contribution < -0.4 is 18.9 Å². The summed E-state index contributed by atoms with van der Waals surface area (Å²) in [5, 5.41) is 9.11. The minimum Gasteiger partial charge on any atom is -0.494 e. The second kappa shape index (κ2) is 24.3. The van der Waals surface area contributed by atoms with Gasteiger partial charge in [0.1, 0.15) is 23.0 Å². The number of aromatic nitrogens is 1. The zero-order chi connectivity index (χ0) is 42.4. The van der Waals surface area contributed by atoms with Crippen LogP contribution in [0.15, 0.2) is 127 Å². The van der Waals surface area contributed by atoms with E-state index in [9.17, 15) is 19.2 Å². The highest BCUT2D eigenvalue weighted by molar-refractivity contribution is 7.21. The Hall–Kier alpha value is -6.67. The number of ether oxygens (including phenoxy) is 6. The Kier molecular flexibility index (Phi) is 18.0. The molecule has 0 saturated heterocycles. The van der Waals surface area contributed by atoms with Crippen LogP contribution in [0.1, 0.15) is 77.6 Å². The highest BCUT2D eigenvalue weighted by atomic mass is 32.1. The smallest absolute Gasteiger partial charge is 0.343 e. The molecule has 5 aromatic rings. The summed E-state index contributed by atoms with van der Waals surface area (Å²) in [6, 6.07) is 25.7. The van der Waals surface area contributed by atoms with Gasteiger partial charge in [-0.05, 0) is 124 Å². The van der Waals surface area contributed by atoms with Crippen molar-refractivity contribution in [3.8, 4) is 23.0 Å². The Morgan fingerprint density at radius 2 is 1.12 bits per heavy atom. The molecule has 0 unspecified atom stereocenters. The van der Waals surface area contributed by atoms with Crippen LogP contribution in [0.3, 0.4) is 0 Å². The minimum absolute atomic E-state index is 0.0616. The molecule has 1 aromatic heterocycles. The third-order valence-corrected chi connectivity index (χ3v) is 9.67. The van der Waals surface area contributed by atoms with Crippen molar-refractivity contribution in [2.24, 2.45) is 10.2 Å². The first kappa shape index (κ1) is 44.4. The van der Waals surface area contributed by atoms with Gasteiger partial charge in [-0.1, -0.05) is 36.6 Å². The Morgan fingerprint density at radius 1 is 0.600 bits per heavy atom. The number of benzene rings is 4. The van der Waals surface area contributed by atoms with Gasteiger partial charge in [0, 0.05) is 23.8 Å². The average Bonchev–Trinajstić information content (AvgIpc) is 3.69. The average molecular weight is 834 g/mol. The molecule has 0 atom stereocenters. The number of esters is 4. The van der Waals surface area contributed by atoms with Crippen molar-refractivity contribution in [3.63, 3.8) is 0 Å². The monoisotopic (exact) mass is 833 g/mol. The van der Waals surface area contributed by atoms with E-state index in [1.165, 1.54) is 17.4 Å². The maximum absolute atomic E-state index is 13.4. The second-order valence-corrected chi connectivity index (χ2v) is 14.2. The SMILES string of the molecule is C=CC(=O)OCCCCCCOc1ccc(C(=O)Oc2ccc(CN=Nc3nc4ccccc4s3)c(OC(=O)c3ccc(OCCCCCCOC(=O)C=C)cc3)c2)cc1. The lowest BCUT2D eigenvalue weighted by Crippen LogP contribution is -2.11. The fourth-order valence-corrected chi connectivity index (χ4v) is 6.36. The first-order valence-electron chi connectivity index (χ1n) is 19.7. The lowest BCUT2D eigenvalue weighted by molar-refractivity contribution is -0.138. The van der Waals surface area contributed by atoms with E-state index in [1.54, 1.807) is 60.7 Å².